The maximum Gasteiger partial charge on any atom is 0.347 e. The van der Waals surface area contributed by atoms with Gasteiger partial charge in [0.1, 0.15) is 15.5 Å². The largest absolute Gasteiger partial charge is 0.422 e. The zero-order valence-electron chi connectivity index (χ0n) is 16.0. The van der Waals surface area contributed by atoms with Gasteiger partial charge in [-0.1, -0.05) is 58.1 Å². The van der Waals surface area contributed by atoms with Crippen molar-refractivity contribution in [2.24, 2.45) is 0 Å². The molecule has 3 aromatic rings. The number of carbonyl (C=O) groups excluding carboxylic acids is 1. The average Bonchev–Trinajstić information content (AvgIpc) is 2.77. The highest BCUT2D eigenvalue weighted by Gasteiger charge is 2.21. The van der Waals surface area contributed by atoms with Crippen LogP contribution in [0.1, 0.15) is 10.4 Å². The third-order valence-corrected chi connectivity index (χ3v) is 7.00. The number of rotatable bonds is 4. The van der Waals surface area contributed by atoms with Crippen LogP contribution < -0.4 is 10.5 Å². The summed E-state index contributed by atoms with van der Waals surface area (Å²) >= 11 is 10.2. The highest BCUT2D eigenvalue weighted by atomic mass is 79.9. The Labute approximate surface area is 192 Å². The Hall–Kier alpha value is -2.16. The van der Waals surface area contributed by atoms with E-state index in [1.54, 1.807) is 18.2 Å². The first-order chi connectivity index (χ1) is 14.5. The molecule has 1 aliphatic heterocycles. The molecule has 8 heteroatoms. The molecule has 1 aromatic heterocycles. The molecule has 4 rings (SSSR count). The van der Waals surface area contributed by atoms with E-state index in [0.29, 0.717) is 15.3 Å². The third-order valence-electron chi connectivity index (χ3n) is 4.98. The molecule has 1 aliphatic rings. The van der Waals surface area contributed by atoms with Crippen LogP contribution in [0.25, 0.3) is 11.0 Å². The molecule has 0 amide bonds. The summed E-state index contributed by atoms with van der Waals surface area (Å²) in [5.41, 5.74) is 1.11. The second-order valence-corrected chi connectivity index (χ2v) is 9.44. The standard InChI is InChI=1S/C22H19BrN2O3S2/c23-16-6-7-20-15(12-16)13-18(21(27)28-20)19(26)14-30-22(29)25-10-8-24(9-11-25)17-4-2-1-3-5-17/h1-7,12-13H,8-11,14H2. The van der Waals surface area contributed by atoms with Gasteiger partial charge in [0, 0.05) is 41.7 Å². The van der Waals surface area contributed by atoms with E-state index >= 15 is 0 Å². The molecule has 1 fully saturated rings. The number of thiocarbonyl (C=S) groups is 1. The zero-order valence-corrected chi connectivity index (χ0v) is 19.3. The first-order valence-corrected chi connectivity index (χ1v) is 11.7. The molecular weight excluding hydrogens is 484 g/mol. The van der Waals surface area contributed by atoms with Gasteiger partial charge in [0.25, 0.3) is 0 Å². The van der Waals surface area contributed by atoms with Gasteiger partial charge in [0.2, 0.25) is 0 Å². The number of hydrogen-bond donors (Lipinski definition) is 0. The Morgan fingerprint density at radius 1 is 1.07 bits per heavy atom. The Morgan fingerprint density at radius 2 is 1.80 bits per heavy atom. The predicted molar refractivity (Wildman–Crippen MR) is 130 cm³/mol. The minimum atomic E-state index is -0.613. The molecule has 0 spiro atoms. The summed E-state index contributed by atoms with van der Waals surface area (Å²) in [6, 6.07) is 17.2. The van der Waals surface area contributed by atoms with Crippen molar-refractivity contribution in [3.8, 4) is 0 Å². The normalized spacial score (nSPS) is 14.2. The molecule has 2 aromatic carbocycles. The Balaban J connectivity index is 1.35. The van der Waals surface area contributed by atoms with Crippen molar-refractivity contribution in [1.82, 2.24) is 4.90 Å². The number of para-hydroxylation sites is 1. The molecule has 0 atom stereocenters. The fourth-order valence-corrected chi connectivity index (χ4v) is 4.88. The van der Waals surface area contributed by atoms with E-state index in [2.05, 4.69) is 37.9 Å². The molecular formula is C22H19BrN2O3S2. The topological polar surface area (TPSA) is 53.8 Å². The molecule has 0 N–H and O–H groups in total. The van der Waals surface area contributed by atoms with Crippen LogP contribution in [0.15, 0.2) is 68.3 Å². The van der Waals surface area contributed by atoms with Crippen LogP contribution in [0.2, 0.25) is 0 Å². The molecule has 0 radical (unpaired) electrons. The molecule has 0 aliphatic carbocycles. The number of piperazine rings is 1. The lowest BCUT2D eigenvalue weighted by Crippen LogP contribution is -2.47. The van der Waals surface area contributed by atoms with E-state index < -0.39 is 5.63 Å². The lowest BCUT2D eigenvalue weighted by Gasteiger charge is -2.37. The van der Waals surface area contributed by atoms with Crippen LogP contribution in [0.5, 0.6) is 0 Å². The van der Waals surface area contributed by atoms with E-state index in [4.69, 9.17) is 16.6 Å². The maximum atomic E-state index is 12.6. The highest BCUT2D eigenvalue weighted by molar-refractivity contribution is 9.10. The fourth-order valence-electron chi connectivity index (χ4n) is 3.37. The van der Waals surface area contributed by atoms with E-state index in [9.17, 15) is 9.59 Å². The van der Waals surface area contributed by atoms with Gasteiger partial charge in [-0.05, 0) is 36.4 Å². The quantitative estimate of drug-likeness (QED) is 0.294. The molecule has 30 heavy (non-hydrogen) atoms. The predicted octanol–water partition coefficient (Wildman–Crippen LogP) is 4.58. The van der Waals surface area contributed by atoms with Gasteiger partial charge >= 0.3 is 5.63 Å². The molecule has 5 nitrogen and oxygen atoms in total. The molecule has 154 valence electrons. The number of nitrogens with zero attached hydrogens (tertiary/aromatic N) is 2. The number of carbonyl (C=O) groups is 1. The summed E-state index contributed by atoms with van der Waals surface area (Å²) < 4.78 is 6.83. The summed E-state index contributed by atoms with van der Waals surface area (Å²) in [7, 11) is 0. The van der Waals surface area contributed by atoms with Crippen molar-refractivity contribution in [2.75, 3.05) is 36.8 Å². The Bertz CT molecular complexity index is 1140. The number of fused-ring (bicyclic) bond motifs is 1. The summed E-state index contributed by atoms with van der Waals surface area (Å²) in [5.74, 6) is -0.164. The smallest absolute Gasteiger partial charge is 0.347 e. The van der Waals surface area contributed by atoms with Crippen LogP contribution in [0, 0.1) is 0 Å². The average molecular weight is 503 g/mol. The van der Waals surface area contributed by atoms with Crippen molar-refractivity contribution in [1.29, 1.82) is 0 Å². The molecule has 0 unspecified atom stereocenters. The number of ketones is 1. The van der Waals surface area contributed by atoms with Gasteiger partial charge in [-0.2, -0.15) is 0 Å². The van der Waals surface area contributed by atoms with Gasteiger partial charge < -0.3 is 14.2 Å². The van der Waals surface area contributed by atoms with Crippen LogP contribution in [-0.4, -0.2) is 46.9 Å². The molecule has 0 saturated carbocycles. The minimum Gasteiger partial charge on any atom is -0.422 e. The van der Waals surface area contributed by atoms with E-state index in [0.717, 1.165) is 30.7 Å². The second kappa shape index (κ2) is 9.32. The summed E-state index contributed by atoms with van der Waals surface area (Å²) in [4.78, 5) is 29.3. The first kappa shape index (κ1) is 21.1. The number of thioether (sulfide) groups is 1. The van der Waals surface area contributed by atoms with E-state index in [1.165, 1.54) is 17.4 Å². The number of anilines is 1. The van der Waals surface area contributed by atoms with Crippen molar-refractivity contribution < 1.29 is 9.21 Å². The Kier molecular flexibility index (Phi) is 6.55. The van der Waals surface area contributed by atoms with Crippen molar-refractivity contribution in [3.63, 3.8) is 0 Å². The monoisotopic (exact) mass is 502 g/mol. The van der Waals surface area contributed by atoms with Crippen LogP contribution in [0.3, 0.4) is 0 Å². The SMILES string of the molecule is O=C(CSC(=S)N1CCN(c2ccccc2)CC1)c1cc2cc(Br)ccc2oc1=O. The van der Waals surface area contributed by atoms with Crippen molar-refractivity contribution in [2.45, 2.75) is 0 Å². The molecule has 1 saturated heterocycles. The van der Waals surface area contributed by atoms with E-state index in [1.807, 2.05) is 24.3 Å². The summed E-state index contributed by atoms with van der Waals surface area (Å²) in [5, 5.41) is 0.705. The zero-order chi connectivity index (χ0) is 21.1. The van der Waals surface area contributed by atoms with Crippen molar-refractivity contribution in [3.05, 3.63) is 75.1 Å². The van der Waals surface area contributed by atoms with Crippen molar-refractivity contribution >= 4 is 66.7 Å². The third kappa shape index (κ3) is 4.77. The second-order valence-electron chi connectivity index (χ2n) is 6.92. The van der Waals surface area contributed by atoms with Crippen LogP contribution in [0.4, 0.5) is 5.69 Å². The number of benzene rings is 2. The molecule has 2 heterocycles. The summed E-state index contributed by atoms with van der Waals surface area (Å²) in [6.45, 7) is 3.37. The van der Waals surface area contributed by atoms with Gasteiger partial charge in [-0.15, -0.1) is 0 Å². The van der Waals surface area contributed by atoms with Gasteiger partial charge in [-0.3, -0.25) is 4.79 Å². The van der Waals surface area contributed by atoms with Crippen LogP contribution in [-0.2, 0) is 0 Å². The molecule has 0 bridgehead atoms. The highest BCUT2D eigenvalue weighted by Crippen LogP contribution is 2.21. The maximum absolute atomic E-state index is 12.6. The fraction of sp³-hybridized carbons (Fsp3) is 0.227. The number of Topliss-reactive ketones (excluding diaryl/α,β-unsaturated/α-hetero) is 1. The first-order valence-electron chi connectivity index (χ1n) is 9.49. The van der Waals surface area contributed by atoms with Gasteiger partial charge in [-0.25, -0.2) is 4.79 Å². The van der Waals surface area contributed by atoms with Gasteiger partial charge in [0.05, 0.1) is 5.75 Å². The lowest BCUT2D eigenvalue weighted by atomic mass is 10.1. The van der Waals surface area contributed by atoms with Crippen LogP contribution >= 0.6 is 39.9 Å². The number of halogens is 1. The lowest BCUT2D eigenvalue weighted by molar-refractivity contribution is 0.101. The minimum absolute atomic E-state index is 0.0600. The summed E-state index contributed by atoms with van der Waals surface area (Å²) in [6.07, 6.45) is 0. The Morgan fingerprint density at radius 3 is 2.53 bits per heavy atom. The number of hydrogen-bond acceptors (Lipinski definition) is 6. The van der Waals surface area contributed by atoms with E-state index in [-0.39, 0.29) is 17.1 Å². The van der Waals surface area contributed by atoms with Gasteiger partial charge in [0.15, 0.2) is 5.78 Å².